The number of aliphatic hydroxyl groups is 1. The SMILES string of the molecule is CC(C)CNCc1ccc(N(CCO)CC(F)(F)F)cc1. The van der Waals surface area contributed by atoms with E-state index in [1.54, 1.807) is 12.1 Å². The third-order valence-electron chi connectivity index (χ3n) is 2.92. The standard InChI is InChI=1S/C15H23F3N2O/c1-12(2)9-19-10-13-3-5-14(6-4-13)20(7-8-21)11-15(16,17)18/h3-6,12,19,21H,7-11H2,1-2H3. The maximum absolute atomic E-state index is 12.5. The first-order chi connectivity index (χ1) is 9.81. The van der Waals surface area contributed by atoms with Gasteiger partial charge in [-0.3, -0.25) is 0 Å². The van der Waals surface area contributed by atoms with Gasteiger partial charge >= 0.3 is 6.18 Å². The van der Waals surface area contributed by atoms with Crippen LogP contribution >= 0.6 is 0 Å². The Morgan fingerprint density at radius 3 is 2.29 bits per heavy atom. The Kier molecular flexibility index (Phi) is 6.98. The molecule has 0 bridgehead atoms. The Balaban J connectivity index is 2.64. The van der Waals surface area contributed by atoms with E-state index in [0.29, 0.717) is 18.2 Å². The minimum atomic E-state index is -4.29. The van der Waals surface area contributed by atoms with E-state index >= 15 is 0 Å². The summed E-state index contributed by atoms with van der Waals surface area (Å²) in [6, 6.07) is 6.94. The molecule has 0 amide bonds. The normalized spacial score (nSPS) is 12.0. The molecule has 0 unspecified atom stereocenters. The first kappa shape index (κ1) is 17.8. The molecule has 0 aromatic heterocycles. The second-order valence-electron chi connectivity index (χ2n) is 5.45. The molecular formula is C15H23F3N2O. The van der Waals surface area contributed by atoms with E-state index in [2.05, 4.69) is 19.2 Å². The summed E-state index contributed by atoms with van der Waals surface area (Å²) >= 11 is 0. The number of hydrogen-bond donors (Lipinski definition) is 2. The summed E-state index contributed by atoms with van der Waals surface area (Å²) in [4.78, 5) is 1.13. The molecule has 0 spiro atoms. The minimum absolute atomic E-state index is 0.0372. The van der Waals surface area contributed by atoms with Crippen LogP contribution in [0.1, 0.15) is 19.4 Å². The van der Waals surface area contributed by atoms with Gasteiger partial charge in [-0.05, 0) is 30.2 Å². The van der Waals surface area contributed by atoms with Gasteiger partial charge in [0.2, 0.25) is 0 Å². The summed E-state index contributed by atoms with van der Waals surface area (Å²) in [6.45, 7) is 4.40. The number of benzene rings is 1. The molecule has 120 valence electrons. The van der Waals surface area contributed by atoms with Crippen LogP contribution in [0.15, 0.2) is 24.3 Å². The second-order valence-corrected chi connectivity index (χ2v) is 5.45. The summed E-state index contributed by atoms with van der Waals surface area (Å²) in [5.41, 5.74) is 1.49. The van der Waals surface area contributed by atoms with Gasteiger partial charge in [0.1, 0.15) is 6.54 Å². The molecule has 21 heavy (non-hydrogen) atoms. The van der Waals surface area contributed by atoms with Crippen molar-refractivity contribution < 1.29 is 18.3 Å². The number of anilines is 1. The van der Waals surface area contributed by atoms with Crippen LogP contribution in [-0.2, 0) is 6.54 Å². The van der Waals surface area contributed by atoms with Gasteiger partial charge in [-0.2, -0.15) is 13.2 Å². The first-order valence-electron chi connectivity index (χ1n) is 7.04. The van der Waals surface area contributed by atoms with Crippen LogP contribution in [0.2, 0.25) is 0 Å². The summed E-state index contributed by atoms with van der Waals surface area (Å²) in [5, 5.41) is 12.2. The third kappa shape index (κ3) is 7.34. The fraction of sp³-hybridized carbons (Fsp3) is 0.600. The predicted molar refractivity (Wildman–Crippen MR) is 78.3 cm³/mol. The van der Waals surface area contributed by atoms with Crippen molar-refractivity contribution >= 4 is 5.69 Å². The van der Waals surface area contributed by atoms with E-state index in [0.717, 1.165) is 17.0 Å². The van der Waals surface area contributed by atoms with Crippen LogP contribution in [0.25, 0.3) is 0 Å². The van der Waals surface area contributed by atoms with E-state index in [4.69, 9.17) is 5.11 Å². The Labute approximate surface area is 123 Å². The molecule has 2 N–H and O–H groups in total. The lowest BCUT2D eigenvalue weighted by Crippen LogP contribution is -2.36. The van der Waals surface area contributed by atoms with Gasteiger partial charge in [-0.1, -0.05) is 26.0 Å². The molecule has 0 aliphatic rings. The fourth-order valence-electron chi connectivity index (χ4n) is 1.97. The lowest BCUT2D eigenvalue weighted by Gasteiger charge is -2.25. The van der Waals surface area contributed by atoms with Crippen molar-refractivity contribution in [1.29, 1.82) is 0 Å². The summed E-state index contributed by atoms with van der Waals surface area (Å²) in [5.74, 6) is 0.552. The van der Waals surface area contributed by atoms with E-state index in [9.17, 15) is 13.2 Å². The van der Waals surface area contributed by atoms with Crippen molar-refractivity contribution in [3.8, 4) is 0 Å². The minimum Gasteiger partial charge on any atom is -0.395 e. The van der Waals surface area contributed by atoms with Crippen molar-refractivity contribution in [2.24, 2.45) is 5.92 Å². The fourth-order valence-corrected chi connectivity index (χ4v) is 1.97. The van der Waals surface area contributed by atoms with Crippen molar-refractivity contribution in [3.05, 3.63) is 29.8 Å². The van der Waals surface area contributed by atoms with Gasteiger partial charge in [-0.25, -0.2) is 0 Å². The molecule has 1 aromatic carbocycles. The number of hydrogen-bond acceptors (Lipinski definition) is 3. The van der Waals surface area contributed by atoms with Gasteiger partial charge in [0.05, 0.1) is 6.61 Å². The van der Waals surface area contributed by atoms with E-state index in [1.807, 2.05) is 12.1 Å². The monoisotopic (exact) mass is 304 g/mol. The van der Waals surface area contributed by atoms with Gasteiger partial charge < -0.3 is 15.3 Å². The van der Waals surface area contributed by atoms with Crippen molar-refractivity contribution in [2.45, 2.75) is 26.6 Å². The average molecular weight is 304 g/mol. The van der Waals surface area contributed by atoms with Crippen molar-refractivity contribution in [2.75, 3.05) is 31.1 Å². The average Bonchev–Trinajstić information content (AvgIpc) is 2.37. The zero-order valence-corrected chi connectivity index (χ0v) is 12.5. The van der Waals surface area contributed by atoms with Crippen LogP contribution in [0.3, 0.4) is 0 Å². The van der Waals surface area contributed by atoms with Crippen LogP contribution in [-0.4, -0.2) is 37.5 Å². The molecule has 0 aliphatic heterocycles. The second kappa shape index (κ2) is 8.24. The lowest BCUT2D eigenvalue weighted by atomic mass is 10.1. The van der Waals surface area contributed by atoms with Gasteiger partial charge in [0, 0.05) is 18.8 Å². The zero-order valence-electron chi connectivity index (χ0n) is 12.5. The maximum Gasteiger partial charge on any atom is 0.405 e. The smallest absolute Gasteiger partial charge is 0.395 e. The highest BCUT2D eigenvalue weighted by atomic mass is 19.4. The maximum atomic E-state index is 12.5. The molecule has 3 nitrogen and oxygen atoms in total. The van der Waals surface area contributed by atoms with E-state index < -0.39 is 12.7 Å². The van der Waals surface area contributed by atoms with Crippen LogP contribution in [0.4, 0.5) is 18.9 Å². The largest absolute Gasteiger partial charge is 0.405 e. The molecule has 0 heterocycles. The van der Waals surface area contributed by atoms with Crippen LogP contribution < -0.4 is 10.2 Å². The number of nitrogens with one attached hydrogen (secondary N) is 1. The highest BCUT2D eigenvalue weighted by Gasteiger charge is 2.30. The molecular weight excluding hydrogens is 281 g/mol. The number of nitrogens with zero attached hydrogens (tertiary/aromatic N) is 1. The van der Waals surface area contributed by atoms with Gasteiger partial charge in [0.25, 0.3) is 0 Å². The predicted octanol–water partition coefficient (Wildman–Crippen LogP) is 2.79. The third-order valence-corrected chi connectivity index (χ3v) is 2.92. The van der Waals surface area contributed by atoms with Gasteiger partial charge in [-0.15, -0.1) is 0 Å². The number of halogens is 3. The van der Waals surface area contributed by atoms with Crippen LogP contribution in [0.5, 0.6) is 0 Å². The molecule has 6 heteroatoms. The Bertz CT molecular complexity index is 404. The summed E-state index contributed by atoms with van der Waals surface area (Å²) < 4.78 is 37.5. The number of rotatable bonds is 8. The van der Waals surface area contributed by atoms with Crippen molar-refractivity contribution in [3.63, 3.8) is 0 Å². The first-order valence-corrected chi connectivity index (χ1v) is 7.04. The van der Waals surface area contributed by atoms with Crippen LogP contribution in [0, 0.1) is 5.92 Å². The number of alkyl halides is 3. The molecule has 0 atom stereocenters. The summed E-state index contributed by atoms with van der Waals surface area (Å²) in [7, 11) is 0. The Morgan fingerprint density at radius 2 is 1.81 bits per heavy atom. The highest BCUT2D eigenvalue weighted by Crippen LogP contribution is 2.22. The van der Waals surface area contributed by atoms with E-state index in [1.165, 1.54) is 0 Å². The van der Waals surface area contributed by atoms with Crippen molar-refractivity contribution in [1.82, 2.24) is 5.32 Å². The van der Waals surface area contributed by atoms with E-state index in [-0.39, 0.29) is 13.2 Å². The molecule has 0 fully saturated rings. The topological polar surface area (TPSA) is 35.5 Å². The number of aliphatic hydroxyl groups excluding tert-OH is 1. The Morgan fingerprint density at radius 1 is 1.19 bits per heavy atom. The molecule has 0 saturated heterocycles. The molecule has 1 rings (SSSR count). The highest BCUT2D eigenvalue weighted by molar-refractivity contribution is 5.47. The Hall–Kier alpha value is -1.27. The molecule has 0 aliphatic carbocycles. The molecule has 0 saturated carbocycles. The zero-order chi connectivity index (χ0) is 15.9. The summed E-state index contributed by atoms with van der Waals surface area (Å²) in [6.07, 6.45) is -4.29. The van der Waals surface area contributed by atoms with Gasteiger partial charge in [0.15, 0.2) is 0 Å². The molecule has 1 aromatic rings. The lowest BCUT2D eigenvalue weighted by molar-refractivity contribution is -0.119. The quantitative estimate of drug-likeness (QED) is 0.775. The molecule has 0 radical (unpaired) electrons.